The summed E-state index contributed by atoms with van der Waals surface area (Å²) in [6.45, 7) is 26.8. The van der Waals surface area contributed by atoms with Gasteiger partial charge < -0.3 is 0 Å². The first-order valence-electron chi connectivity index (χ1n) is 19.2. The Balaban J connectivity index is 0.000000291. The molecule has 0 N–H and O–H groups in total. The van der Waals surface area contributed by atoms with E-state index < -0.39 is 0 Å². The van der Waals surface area contributed by atoms with Crippen LogP contribution < -0.4 is 0 Å². The Morgan fingerprint density at radius 1 is 0.727 bits per heavy atom. The summed E-state index contributed by atoms with van der Waals surface area (Å²) in [5, 5.41) is 0. The van der Waals surface area contributed by atoms with Gasteiger partial charge in [-0.1, -0.05) is 124 Å². The molecule has 0 aliphatic heterocycles. The zero-order valence-corrected chi connectivity index (χ0v) is 39.5. The first kappa shape index (κ1) is 48.3. The van der Waals surface area contributed by atoms with Gasteiger partial charge in [0.1, 0.15) is 0 Å². The van der Waals surface area contributed by atoms with Crippen LogP contribution in [0.15, 0.2) is 96.6 Å². The van der Waals surface area contributed by atoms with Gasteiger partial charge in [0.25, 0.3) is 0 Å². The molecule has 1 atom stereocenters. The molecule has 55 heavy (non-hydrogen) atoms. The van der Waals surface area contributed by atoms with Crippen molar-refractivity contribution in [2.45, 2.75) is 113 Å². The summed E-state index contributed by atoms with van der Waals surface area (Å²) in [7, 11) is 0. The third-order valence-electron chi connectivity index (χ3n) is 10.5. The van der Waals surface area contributed by atoms with Crippen molar-refractivity contribution in [2.75, 3.05) is 0 Å². The van der Waals surface area contributed by atoms with Crippen molar-refractivity contribution < 1.29 is 24.2 Å². The summed E-state index contributed by atoms with van der Waals surface area (Å²) in [6, 6.07) is 31.4. The van der Waals surface area contributed by atoms with Crippen molar-refractivity contribution in [2.24, 2.45) is 11.3 Å². The second kappa shape index (κ2) is 20.6. The van der Waals surface area contributed by atoms with E-state index in [1.165, 1.54) is 109 Å². The van der Waals surface area contributed by atoms with Gasteiger partial charge in [0, 0.05) is 5.41 Å². The number of hydrogen-bond donors (Lipinski definition) is 0. The molecular weight excluding hydrogens is 787 g/mol. The third kappa shape index (κ3) is 12.1. The van der Waals surface area contributed by atoms with Crippen LogP contribution in [-0.2, 0) is 41.5 Å². The number of hydrogen-bond acceptors (Lipinski definition) is 0. The Morgan fingerprint density at radius 3 is 1.65 bits per heavy atom. The molecule has 0 radical (unpaired) electrons. The Kier molecular flexibility index (Phi) is 18.1. The van der Waals surface area contributed by atoms with Crippen LogP contribution in [0.2, 0.25) is 0 Å². The number of halogens is 2. The molecule has 0 nitrogen and oxygen atoms in total. The third-order valence-corrected chi connectivity index (χ3v) is 10.5. The maximum absolute atomic E-state index is 3.65. The van der Waals surface area contributed by atoms with Crippen LogP contribution in [0.1, 0.15) is 127 Å². The molecule has 292 valence electrons. The fraction of sp³-hybridized carbons (Fsp3) is 0.365. The molecule has 4 aromatic carbocycles. The predicted molar refractivity (Wildman–Crippen MR) is 242 cm³/mol. The molecule has 4 aliphatic carbocycles. The summed E-state index contributed by atoms with van der Waals surface area (Å²) >= 11 is 1.30. The predicted octanol–water partition coefficient (Wildman–Crippen LogP) is 14.6. The van der Waals surface area contributed by atoms with Crippen molar-refractivity contribution >= 4 is 40.2 Å². The normalized spacial score (nSPS) is 16.6. The van der Waals surface area contributed by atoms with E-state index in [1.54, 1.807) is 0 Å². The zero-order chi connectivity index (χ0) is 39.1. The van der Waals surface area contributed by atoms with Crippen LogP contribution >= 0.6 is 24.8 Å². The van der Waals surface area contributed by atoms with Crippen molar-refractivity contribution in [3.63, 3.8) is 0 Å². The SMILES string of the molecule is CC1=[C-]C(C)(C)c2cc3c(cc21)-c1cc2c(cc1C3)C(C)(C)C=C2C.CCCC1[C-]=CC(C(C)(C)C)=C1.Cc1cc[c-]cc1.Cc1cc[c-]cc1.Cl.Cl.[CH2]=[Zr]. The number of rotatable bonds is 2. The second-order valence-electron chi connectivity index (χ2n) is 16.9. The van der Waals surface area contributed by atoms with E-state index in [0.717, 1.165) is 6.42 Å². The van der Waals surface area contributed by atoms with Crippen molar-refractivity contribution in [3.8, 4) is 11.1 Å². The van der Waals surface area contributed by atoms with Crippen LogP contribution in [-0.4, -0.2) is 4.21 Å². The summed E-state index contributed by atoms with van der Waals surface area (Å²) < 4.78 is 3.34. The van der Waals surface area contributed by atoms with Gasteiger partial charge in [0.15, 0.2) is 0 Å². The first-order chi connectivity index (χ1) is 25.0. The van der Waals surface area contributed by atoms with E-state index in [-0.39, 0.29) is 35.6 Å². The van der Waals surface area contributed by atoms with Gasteiger partial charge in [-0.3, -0.25) is 12.2 Å². The fourth-order valence-corrected chi connectivity index (χ4v) is 7.67. The van der Waals surface area contributed by atoms with Crippen molar-refractivity contribution in [3.05, 3.63) is 165 Å². The van der Waals surface area contributed by atoms with Crippen LogP contribution in [0.25, 0.3) is 22.3 Å². The van der Waals surface area contributed by atoms with Crippen molar-refractivity contribution in [1.29, 1.82) is 0 Å². The van der Waals surface area contributed by atoms with E-state index in [0.29, 0.717) is 11.3 Å². The van der Waals surface area contributed by atoms with Crippen LogP contribution in [0, 0.1) is 49.5 Å². The van der Waals surface area contributed by atoms with E-state index in [9.17, 15) is 0 Å². The topological polar surface area (TPSA) is 0 Å². The fourth-order valence-electron chi connectivity index (χ4n) is 7.67. The van der Waals surface area contributed by atoms with Crippen molar-refractivity contribution in [1.82, 2.24) is 0 Å². The molecule has 0 saturated carbocycles. The van der Waals surface area contributed by atoms with Gasteiger partial charge in [-0.2, -0.15) is 89.0 Å². The van der Waals surface area contributed by atoms with E-state index in [4.69, 9.17) is 0 Å². The maximum atomic E-state index is 3.65. The molecular formula is C52H62Cl2Zr-4. The van der Waals surface area contributed by atoms with Gasteiger partial charge in [-0.25, -0.2) is 11.6 Å². The van der Waals surface area contributed by atoms with E-state index in [2.05, 4.69) is 154 Å². The molecule has 0 amide bonds. The average Bonchev–Trinajstić information content (AvgIpc) is 3.84. The quantitative estimate of drug-likeness (QED) is 0.155. The van der Waals surface area contributed by atoms with Crippen LogP contribution in [0.3, 0.4) is 0 Å². The van der Waals surface area contributed by atoms with Gasteiger partial charge in [-0.05, 0) is 58.4 Å². The van der Waals surface area contributed by atoms with Gasteiger partial charge >= 0.3 is 28.4 Å². The summed E-state index contributed by atoms with van der Waals surface area (Å²) in [5.74, 6) is 0.587. The number of benzene rings is 4. The molecule has 4 aromatic rings. The molecule has 0 heterocycles. The van der Waals surface area contributed by atoms with Gasteiger partial charge in [-0.15, -0.1) is 36.4 Å². The molecule has 0 spiro atoms. The van der Waals surface area contributed by atoms with Gasteiger partial charge in [0.05, 0.1) is 0 Å². The average molecular weight is 849 g/mol. The molecule has 0 bridgehead atoms. The second-order valence-corrected chi connectivity index (χ2v) is 16.9. The monoisotopic (exact) mass is 846 g/mol. The zero-order valence-electron chi connectivity index (χ0n) is 35.4. The number of allylic oxidation sites excluding steroid dienone is 8. The molecule has 1 unspecified atom stereocenters. The summed E-state index contributed by atoms with van der Waals surface area (Å²) in [5.41, 5.74) is 18.9. The molecule has 8 rings (SSSR count). The molecule has 0 saturated heterocycles. The molecule has 0 aromatic heterocycles. The van der Waals surface area contributed by atoms with E-state index >= 15 is 0 Å². The standard InChI is InChI=1S/C25H25.C12H19.2C7H7.CH2.2ClH.Zr/c1-14-12-24(3,4)22-8-16-7-17-9-23-19(15(2)13-25(23,5)6)11-21(17)20(16)10-18(14)22;1-5-6-10-7-8-11(9-10)12(2,3)4;2*1-7-5-3-2-4-6-7;;;;/h8-12H,7H2,1-6H3;8-10H,5-6H2,1-4H3;2*3-6H,1H3;1H2;2*1H;/q4*-1;;;;. The van der Waals surface area contributed by atoms with Crippen LogP contribution in [0.5, 0.6) is 0 Å². The summed E-state index contributed by atoms with van der Waals surface area (Å²) in [4.78, 5) is 0. The molecule has 3 heteroatoms. The van der Waals surface area contributed by atoms with Crippen LogP contribution in [0.4, 0.5) is 0 Å². The minimum absolute atomic E-state index is 0. The minimum atomic E-state index is 0. The number of fused-ring (bicyclic) bond motifs is 5. The summed E-state index contributed by atoms with van der Waals surface area (Å²) in [6.07, 6.45) is 17.6. The first-order valence-corrected chi connectivity index (χ1v) is 20.9. The van der Waals surface area contributed by atoms with E-state index in [1.807, 2.05) is 48.5 Å². The number of aryl methyl sites for hydroxylation is 2. The van der Waals surface area contributed by atoms with Gasteiger partial charge in [0.2, 0.25) is 0 Å². The molecule has 0 fully saturated rings. The Hall–Kier alpha value is -2.83. The molecule has 4 aliphatic rings. The Labute approximate surface area is 362 Å². The Bertz CT molecular complexity index is 1880. The Morgan fingerprint density at radius 2 is 1.22 bits per heavy atom.